The van der Waals surface area contributed by atoms with E-state index in [0.717, 1.165) is 24.5 Å². The molecule has 0 atom stereocenters. The number of hydrogen-bond donors (Lipinski definition) is 0. The summed E-state index contributed by atoms with van der Waals surface area (Å²) in [6.07, 6.45) is 0. The number of carbonyl (C=O) groups excluding carboxylic acids is 1. The molecule has 0 saturated carbocycles. The molecule has 3 rings (SSSR count). The number of amides is 1. The molecule has 0 spiro atoms. The predicted molar refractivity (Wildman–Crippen MR) is 73.8 cm³/mol. The lowest BCUT2D eigenvalue weighted by Crippen LogP contribution is -2.37. The Kier molecular flexibility index (Phi) is 3.40. The van der Waals surface area contributed by atoms with Crippen LogP contribution in [0.15, 0.2) is 41.6 Å². The van der Waals surface area contributed by atoms with Gasteiger partial charge < -0.3 is 14.5 Å². The van der Waals surface area contributed by atoms with Gasteiger partial charge in [0.25, 0.3) is 5.91 Å². The number of morpholine rings is 1. The topological polar surface area (TPSA) is 56.6 Å². The summed E-state index contributed by atoms with van der Waals surface area (Å²) in [5, 5.41) is 9.29. The molecule has 0 aliphatic carbocycles. The van der Waals surface area contributed by atoms with E-state index in [9.17, 15) is 10.1 Å². The molecular formula is C15H15N3O2. The van der Waals surface area contributed by atoms with E-state index in [4.69, 9.17) is 4.74 Å². The Bertz CT molecular complexity index is 583. The Balaban J connectivity index is 1.88. The number of hydrogen-bond acceptors (Lipinski definition) is 4. The number of para-hydroxylation sites is 1. The van der Waals surface area contributed by atoms with Crippen LogP contribution in [0.1, 0.15) is 0 Å². The fourth-order valence-electron chi connectivity index (χ4n) is 2.58. The second-order valence-corrected chi connectivity index (χ2v) is 4.76. The minimum absolute atomic E-state index is 0.208. The van der Waals surface area contributed by atoms with Gasteiger partial charge in [0.15, 0.2) is 0 Å². The standard InChI is InChI=1S/C15H15N3O2/c16-10-13-14(17-6-8-20-9-7-17)11-18(15(13)19)12-4-2-1-3-5-12/h1-5H,6-9,11H2. The van der Waals surface area contributed by atoms with Gasteiger partial charge in [0.2, 0.25) is 0 Å². The Morgan fingerprint density at radius 1 is 1.15 bits per heavy atom. The van der Waals surface area contributed by atoms with Crippen LogP contribution >= 0.6 is 0 Å². The van der Waals surface area contributed by atoms with Gasteiger partial charge in [0.1, 0.15) is 11.6 Å². The van der Waals surface area contributed by atoms with Gasteiger partial charge in [-0.3, -0.25) is 4.79 Å². The van der Waals surface area contributed by atoms with Crippen LogP contribution in [0.5, 0.6) is 0 Å². The van der Waals surface area contributed by atoms with Gasteiger partial charge in [-0.1, -0.05) is 18.2 Å². The molecule has 2 heterocycles. The van der Waals surface area contributed by atoms with Crippen molar-refractivity contribution >= 4 is 11.6 Å². The first-order valence-corrected chi connectivity index (χ1v) is 6.64. The molecular weight excluding hydrogens is 254 g/mol. The highest BCUT2D eigenvalue weighted by Crippen LogP contribution is 2.27. The van der Waals surface area contributed by atoms with Crippen LogP contribution in [0.4, 0.5) is 5.69 Å². The first-order valence-electron chi connectivity index (χ1n) is 6.64. The quantitative estimate of drug-likeness (QED) is 0.808. The van der Waals surface area contributed by atoms with Crippen LogP contribution in [0.25, 0.3) is 0 Å². The molecule has 20 heavy (non-hydrogen) atoms. The maximum Gasteiger partial charge on any atom is 0.271 e. The second kappa shape index (κ2) is 5.35. The van der Waals surface area contributed by atoms with E-state index in [1.807, 2.05) is 30.3 Å². The lowest BCUT2D eigenvalue weighted by atomic mass is 10.2. The zero-order valence-corrected chi connectivity index (χ0v) is 11.1. The Morgan fingerprint density at radius 2 is 1.85 bits per heavy atom. The van der Waals surface area contributed by atoms with Crippen molar-refractivity contribution in [1.82, 2.24) is 4.90 Å². The zero-order valence-electron chi connectivity index (χ0n) is 11.1. The van der Waals surface area contributed by atoms with Crippen LogP contribution in [-0.2, 0) is 9.53 Å². The number of carbonyl (C=O) groups is 1. The van der Waals surface area contributed by atoms with Crippen molar-refractivity contribution in [2.75, 3.05) is 37.7 Å². The van der Waals surface area contributed by atoms with E-state index in [2.05, 4.69) is 11.0 Å². The molecule has 5 nitrogen and oxygen atoms in total. The normalized spacial score (nSPS) is 19.4. The van der Waals surface area contributed by atoms with Crippen LogP contribution < -0.4 is 4.90 Å². The third kappa shape index (κ3) is 2.15. The monoisotopic (exact) mass is 269 g/mol. The molecule has 2 aliphatic heterocycles. The molecule has 0 radical (unpaired) electrons. The fraction of sp³-hybridized carbons (Fsp3) is 0.333. The van der Waals surface area contributed by atoms with Crippen molar-refractivity contribution in [3.8, 4) is 6.07 Å². The number of nitrogens with zero attached hydrogens (tertiary/aromatic N) is 3. The Morgan fingerprint density at radius 3 is 2.50 bits per heavy atom. The molecule has 5 heteroatoms. The van der Waals surface area contributed by atoms with Gasteiger partial charge in [0, 0.05) is 18.8 Å². The summed E-state index contributed by atoms with van der Waals surface area (Å²) in [6.45, 7) is 3.21. The molecule has 1 amide bonds. The van der Waals surface area contributed by atoms with E-state index >= 15 is 0 Å². The van der Waals surface area contributed by atoms with Gasteiger partial charge >= 0.3 is 0 Å². The van der Waals surface area contributed by atoms with Gasteiger partial charge in [-0.2, -0.15) is 5.26 Å². The van der Waals surface area contributed by atoms with Gasteiger partial charge in [-0.25, -0.2) is 0 Å². The molecule has 0 N–H and O–H groups in total. The minimum atomic E-state index is -0.208. The third-order valence-electron chi connectivity index (χ3n) is 3.63. The number of ether oxygens (including phenoxy) is 1. The van der Waals surface area contributed by atoms with Crippen molar-refractivity contribution in [3.05, 3.63) is 41.6 Å². The molecule has 1 saturated heterocycles. The zero-order chi connectivity index (χ0) is 13.9. The molecule has 0 bridgehead atoms. The lowest BCUT2D eigenvalue weighted by molar-refractivity contribution is -0.114. The van der Waals surface area contributed by atoms with E-state index in [1.54, 1.807) is 4.90 Å². The van der Waals surface area contributed by atoms with E-state index in [1.165, 1.54) is 0 Å². The summed E-state index contributed by atoms with van der Waals surface area (Å²) in [5.74, 6) is -0.208. The van der Waals surface area contributed by atoms with Crippen molar-refractivity contribution in [2.45, 2.75) is 0 Å². The van der Waals surface area contributed by atoms with Gasteiger partial charge in [0.05, 0.1) is 25.5 Å². The van der Waals surface area contributed by atoms with Crippen molar-refractivity contribution in [3.63, 3.8) is 0 Å². The van der Waals surface area contributed by atoms with Gasteiger partial charge in [-0.05, 0) is 12.1 Å². The summed E-state index contributed by atoms with van der Waals surface area (Å²) in [4.78, 5) is 16.1. The molecule has 102 valence electrons. The van der Waals surface area contributed by atoms with E-state index in [0.29, 0.717) is 19.8 Å². The maximum absolute atomic E-state index is 12.4. The minimum Gasteiger partial charge on any atom is -0.378 e. The van der Waals surface area contributed by atoms with Crippen molar-refractivity contribution in [1.29, 1.82) is 5.26 Å². The summed E-state index contributed by atoms with van der Waals surface area (Å²) in [5.41, 5.74) is 1.91. The van der Waals surface area contributed by atoms with Crippen LogP contribution in [0, 0.1) is 11.3 Å². The molecule has 0 aromatic heterocycles. The summed E-state index contributed by atoms with van der Waals surface area (Å²) in [6, 6.07) is 11.5. The second-order valence-electron chi connectivity index (χ2n) is 4.76. The summed E-state index contributed by atoms with van der Waals surface area (Å²) < 4.78 is 5.32. The molecule has 2 aliphatic rings. The predicted octanol–water partition coefficient (Wildman–Crippen LogP) is 1.14. The van der Waals surface area contributed by atoms with Crippen LogP contribution in [0.3, 0.4) is 0 Å². The largest absolute Gasteiger partial charge is 0.378 e. The maximum atomic E-state index is 12.4. The third-order valence-corrected chi connectivity index (χ3v) is 3.63. The molecule has 0 unspecified atom stereocenters. The SMILES string of the molecule is N#CC1=C(N2CCOCC2)CN(c2ccccc2)C1=O. The van der Waals surface area contributed by atoms with E-state index < -0.39 is 0 Å². The number of rotatable bonds is 2. The average Bonchev–Trinajstić information content (AvgIpc) is 2.86. The Hall–Kier alpha value is -2.32. The summed E-state index contributed by atoms with van der Waals surface area (Å²) in [7, 11) is 0. The van der Waals surface area contributed by atoms with Crippen LogP contribution in [-0.4, -0.2) is 43.7 Å². The smallest absolute Gasteiger partial charge is 0.271 e. The highest BCUT2D eigenvalue weighted by Gasteiger charge is 2.34. The lowest BCUT2D eigenvalue weighted by Gasteiger charge is -2.30. The fourth-order valence-corrected chi connectivity index (χ4v) is 2.58. The van der Waals surface area contributed by atoms with Crippen molar-refractivity contribution < 1.29 is 9.53 Å². The molecule has 1 aromatic rings. The first kappa shape index (κ1) is 12.7. The molecule has 1 aromatic carbocycles. The average molecular weight is 269 g/mol. The van der Waals surface area contributed by atoms with Crippen molar-refractivity contribution in [2.24, 2.45) is 0 Å². The van der Waals surface area contributed by atoms with Gasteiger partial charge in [-0.15, -0.1) is 0 Å². The highest BCUT2D eigenvalue weighted by molar-refractivity contribution is 6.11. The number of nitriles is 1. The van der Waals surface area contributed by atoms with E-state index in [-0.39, 0.29) is 11.5 Å². The Labute approximate surface area is 117 Å². The first-order chi connectivity index (χ1) is 9.81. The highest BCUT2D eigenvalue weighted by atomic mass is 16.5. The summed E-state index contributed by atoms with van der Waals surface area (Å²) >= 11 is 0. The van der Waals surface area contributed by atoms with Crippen LogP contribution in [0.2, 0.25) is 0 Å². The number of benzene rings is 1. The molecule has 1 fully saturated rings. The number of anilines is 1.